The minimum absolute atomic E-state index is 0.0671. The number of likely N-dealkylation sites (tertiary alicyclic amines) is 1. The lowest BCUT2D eigenvalue weighted by atomic mass is 9.74. The van der Waals surface area contributed by atoms with Gasteiger partial charge in [0.25, 0.3) is 10.1 Å². The van der Waals surface area contributed by atoms with E-state index in [2.05, 4.69) is 0 Å². The molecule has 2 rings (SSSR count). The lowest BCUT2D eigenvalue weighted by Crippen LogP contribution is -2.50. The van der Waals surface area contributed by atoms with Crippen molar-refractivity contribution in [1.82, 2.24) is 4.90 Å². The molecule has 25 heavy (non-hydrogen) atoms. The summed E-state index contributed by atoms with van der Waals surface area (Å²) in [5.74, 6) is 0. The number of ether oxygens (including phenoxy) is 1. The van der Waals surface area contributed by atoms with E-state index in [1.165, 1.54) is 17.0 Å². The van der Waals surface area contributed by atoms with Crippen molar-refractivity contribution in [3.05, 3.63) is 29.8 Å². The molecule has 0 spiro atoms. The van der Waals surface area contributed by atoms with Crippen molar-refractivity contribution in [1.29, 1.82) is 0 Å². The van der Waals surface area contributed by atoms with Gasteiger partial charge in [0.15, 0.2) is 0 Å². The van der Waals surface area contributed by atoms with Crippen LogP contribution in [0.4, 0.5) is 4.79 Å². The van der Waals surface area contributed by atoms with Gasteiger partial charge in [-0.3, -0.25) is 4.18 Å². The summed E-state index contributed by atoms with van der Waals surface area (Å²) in [6.07, 6.45) is -0.0229. The van der Waals surface area contributed by atoms with Crippen LogP contribution in [0.15, 0.2) is 29.2 Å². The largest absolute Gasteiger partial charge is 0.444 e. The van der Waals surface area contributed by atoms with E-state index in [1.54, 1.807) is 32.9 Å². The van der Waals surface area contributed by atoms with Gasteiger partial charge in [0.05, 0.1) is 10.4 Å². The van der Waals surface area contributed by atoms with Crippen LogP contribution in [0.25, 0.3) is 0 Å². The van der Waals surface area contributed by atoms with Gasteiger partial charge in [0.2, 0.25) is 0 Å². The van der Waals surface area contributed by atoms with E-state index in [0.717, 1.165) is 5.56 Å². The molecule has 0 bridgehead atoms. The molecule has 1 fully saturated rings. The lowest BCUT2D eigenvalue weighted by Gasteiger charge is -2.39. The summed E-state index contributed by atoms with van der Waals surface area (Å²) in [6.45, 7) is 7.79. The number of hydrogen-bond acceptors (Lipinski definition) is 5. The standard InChI is InChI=1S/C17H24BNO5S/c1-13-5-7-14(8-6-13)25(21,22)24-17(18)9-11-19(12-10-17)15(20)23-16(2,3)4/h5-8H,9-12H2,1-4H3. The highest BCUT2D eigenvalue weighted by Gasteiger charge is 2.37. The molecular formula is C17H24BNO5S. The van der Waals surface area contributed by atoms with Crippen LogP contribution in [0.1, 0.15) is 39.2 Å². The van der Waals surface area contributed by atoms with Gasteiger partial charge in [-0.1, -0.05) is 17.7 Å². The lowest BCUT2D eigenvalue weighted by molar-refractivity contribution is 0.00793. The second-order valence-corrected chi connectivity index (χ2v) is 8.93. The molecule has 0 N–H and O–H groups in total. The minimum Gasteiger partial charge on any atom is -0.444 e. The molecule has 1 heterocycles. The van der Waals surface area contributed by atoms with Gasteiger partial charge < -0.3 is 9.64 Å². The van der Waals surface area contributed by atoms with E-state index < -0.39 is 27.3 Å². The molecule has 6 nitrogen and oxygen atoms in total. The van der Waals surface area contributed by atoms with E-state index in [0.29, 0.717) is 0 Å². The van der Waals surface area contributed by atoms with Crippen LogP contribution in [-0.4, -0.2) is 51.4 Å². The normalized spacial score (nSPS) is 18.0. The van der Waals surface area contributed by atoms with Crippen LogP contribution in [0.2, 0.25) is 0 Å². The summed E-state index contributed by atoms with van der Waals surface area (Å²) >= 11 is 0. The summed E-state index contributed by atoms with van der Waals surface area (Å²) < 4.78 is 35.4. The Morgan fingerprint density at radius 2 is 1.68 bits per heavy atom. The molecule has 2 radical (unpaired) electrons. The fraction of sp³-hybridized carbons (Fsp3) is 0.588. The molecule has 1 aliphatic rings. The average molecular weight is 365 g/mol. The minimum atomic E-state index is -3.96. The van der Waals surface area contributed by atoms with Crippen LogP contribution < -0.4 is 0 Å². The smallest absolute Gasteiger partial charge is 0.410 e. The number of rotatable bonds is 3. The Morgan fingerprint density at radius 3 is 2.16 bits per heavy atom. The van der Waals surface area contributed by atoms with E-state index in [1.807, 2.05) is 6.92 Å². The summed E-state index contributed by atoms with van der Waals surface area (Å²) in [5.41, 5.74) is -0.964. The van der Waals surface area contributed by atoms with E-state index in [-0.39, 0.29) is 30.8 Å². The number of benzene rings is 1. The van der Waals surface area contributed by atoms with Gasteiger partial charge in [0, 0.05) is 13.1 Å². The zero-order valence-electron chi connectivity index (χ0n) is 15.1. The first-order chi connectivity index (χ1) is 11.4. The van der Waals surface area contributed by atoms with E-state index in [9.17, 15) is 13.2 Å². The third kappa shape index (κ3) is 5.47. The first-order valence-corrected chi connectivity index (χ1v) is 9.60. The average Bonchev–Trinajstić information content (AvgIpc) is 2.45. The number of piperidine rings is 1. The third-order valence-corrected chi connectivity index (χ3v) is 5.25. The number of carbonyl (C=O) groups excluding carboxylic acids is 1. The Kier molecular flexibility index (Phi) is 5.54. The summed E-state index contributed by atoms with van der Waals surface area (Å²) in [4.78, 5) is 13.6. The predicted octanol–water partition coefficient (Wildman–Crippen LogP) is 2.60. The Bertz CT molecular complexity index is 716. The van der Waals surface area contributed by atoms with Crippen LogP contribution >= 0.6 is 0 Å². The third-order valence-electron chi connectivity index (χ3n) is 3.85. The molecule has 8 heteroatoms. The molecule has 0 aromatic heterocycles. The van der Waals surface area contributed by atoms with Crippen LogP contribution in [0.3, 0.4) is 0 Å². The van der Waals surface area contributed by atoms with Crippen molar-refractivity contribution in [2.75, 3.05) is 13.1 Å². The van der Waals surface area contributed by atoms with Gasteiger partial charge >= 0.3 is 6.09 Å². The molecule has 0 atom stereocenters. The monoisotopic (exact) mass is 365 g/mol. The predicted molar refractivity (Wildman–Crippen MR) is 95.0 cm³/mol. The zero-order chi connectivity index (χ0) is 18.9. The quantitative estimate of drug-likeness (QED) is 0.608. The van der Waals surface area contributed by atoms with E-state index >= 15 is 0 Å². The summed E-state index contributed by atoms with van der Waals surface area (Å²) in [5, 5.41) is 0. The zero-order valence-corrected chi connectivity index (χ0v) is 15.9. The number of aryl methyl sites for hydroxylation is 1. The summed E-state index contributed by atoms with van der Waals surface area (Å²) in [6, 6.07) is 6.38. The highest BCUT2D eigenvalue weighted by molar-refractivity contribution is 7.86. The molecule has 1 aliphatic heterocycles. The number of amides is 1. The Balaban J connectivity index is 2.00. The van der Waals surface area contributed by atoms with Gasteiger partial charge in [-0.05, 0) is 52.7 Å². The van der Waals surface area contributed by atoms with Gasteiger partial charge in [0.1, 0.15) is 13.4 Å². The van der Waals surface area contributed by atoms with E-state index in [4.69, 9.17) is 16.8 Å². The highest BCUT2D eigenvalue weighted by atomic mass is 32.2. The van der Waals surface area contributed by atoms with Crippen LogP contribution in [0.5, 0.6) is 0 Å². The molecule has 1 aromatic carbocycles. The Hall–Kier alpha value is -1.54. The molecular weight excluding hydrogens is 341 g/mol. The molecule has 0 aliphatic carbocycles. The van der Waals surface area contributed by atoms with Crippen molar-refractivity contribution < 1.29 is 22.1 Å². The summed E-state index contributed by atoms with van der Waals surface area (Å²) in [7, 11) is 2.16. The molecule has 1 aromatic rings. The van der Waals surface area contributed by atoms with Crippen LogP contribution in [-0.2, 0) is 19.0 Å². The molecule has 0 saturated carbocycles. The topological polar surface area (TPSA) is 72.9 Å². The fourth-order valence-corrected chi connectivity index (χ4v) is 3.62. The van der Waals surface area contributed by atoms with Gasteiger partial charge in [-0.2, -0.15) is 8.42 Å². The number of hydrogen-bond donors (Lipinski definition) is 0. The molecule has 0 unspecified atom stereocenters. The SMILES string of the molecule is [B]C1(OS(=O)(=O)c2ccc(C)cc2)CCN(C(=O)OC(C)(C)C)CC1. The first kappa shape index (κ1) is 19.8. The maximum absolute atomic E-state index is 12.4. The molecule has 136 valence electrons. The van der Waals surface area contributed by atoms with Crippen LogP contribution in [0, 0.1) is 6.92 Å². The molecule has 1 amide bonds. The Morgan fingerprint density at radius 1 is 1.16 bits per heavy atom. The maximum atomic E-state index is 12.4. The Labute approximate surface area is 151 Å². The van der Waals surface area contributed by atoms with Crippen molar-refractivity contribution in [3.8, 4) is 0 Å². The second kappa shape index (κ2) is 7.00. The van der Waals surface area contributed by atoms with Crippen molar-refractivity contribution in [2.24, 2.45) is 0 Å². The first-order valence-electron chi connectivity index (χ1n) is 8.19. The van der Waals surface area contributed by atoms with Gasteiger partial charge in [-0.25, -0.2) is 4.79 Å². The number of carbonyl (C=O) groups is 1. The second-order valence-electron chi connectivity index (χ2n) is 7.38. The van der Waals surface area contributed by atoms with Crippen molar-refractivity contribution in [3.63, 3.8) is 0 Å². The maximum Gasteiger partial charge on any atom is 0.410 e. The fourth-order valence-electron chi connectivity index (χ4n) is 2.45. The molecule has 1 saturated heterocycles. The number of nitrogens with zero attached hydrogens (tertiary/aromatic N) is 1. The highest BCUT2D eigenvalue weighted by Crippen LogP contribution is 2.28. The van der Waals surface area contributed by atoms with Gasteiger partial charge in [-0.15, -0.1) is 0 Å². The van der Waals surface area contributed by atoms with Crippen molar-refractivity contribution in [2.45, 2.75) is 56.5 Å². The van der Waals surface area contributed by atoms with Crippen molar-refractivity contribution >= 4 is 24.1 Å².